The first-order valence-electron chi connectivity index (χ1n) is 11.0. The summed E-state index contributed by atoms with van der Waals surface area (Å²) in [7, 11) is 0. The third-order valence-electron chi connectivity index (χ3n) is 6.27. The van der Waals surface area contributed by atoms with Gasteiger partial charge in [-0.05, 0) is 42.7 Å². The minimum absolute atomic E-state index is 0.455. The van der Waals surface area contributed by atoms with Crippen LogP contribution in [0.25, 0.3) is 20.4 Å². The summed E-state index contributed by atoms with van der Waals surface area (Å²) in [4.78, 5) is 17.1. The molecule has 1 aliphatic carbocycles. The minimum atomic E-state index is 0.455. The number of fused-ring (bicyclic) bond motifs is 5. The highest BCUT2D eigenvalue weighted by molar-refractivity contribution is 7.26. The second kappa shape index (κ2) is 8.13. The van der Waals surface area contributed by atoms with E-state index in [1.54, 1.807) is 22.6 Å². The molecule has 6 nitrogen and oxygen atoms in total. The van der Waals surface area contributed by atoms with Crippen molar-refractivity contribution < 1.29 is 9.64 Å². The second-order valence-corrected chi connectivity index (χ2v) is 9.54. The number of nitrogens with zero attached hydrogens (tertiary/aromatic N) is 3. The largest absolute Gasteiger partial charge is 0.370 e. The molecule has 3 aromatic rings. The highest BCUT2D eigenvalue weighted by Crippen LogP contribution is 2.41. The summed E-state index contributed by atoms with van der Waals surface area (Å²) in [5, 5.41) is 4.87. The highest BCUT2D eigenvalue weighted by atomic mass is 32.1. The number of pyridine rings is 1. The van der Waals surface area contributed by atoms with E-state index in [9.17, 15) is 0 Å². The van der Waals surface area contributed by atoms with Gasteiger partial charge in [0.25, 0.3) is 0 Å². The number of aromatic nitrogens is 3. The number of hydrogen-bond donors (Lipinski definition) is 2. The van der Waals surface area contributed by atoms with E-state index in [0.29, 0.717) is 5.92 Å². The molecule has 0 radical (unpaired) electrons. The molecule has 154 valence electrons. The Labute approximate surface area is 175 Å². The summed E-state index contributed by atoms with van der Waals surface area (Å²) in [5.41, 5.74) is 5.36. The molecule has 0 bridgehead atoms. The smallest absolute Gasteiger partial charge is 0.147 e. The Balaban J connectivity index is 1.51. The monoisotopic (exact) mass is 412 g/mol. The Kier molecular flexibility index (Phi) is 5.37. The molecule has 5 rings (SSSR count). The fourth-order valence-corrected chi connectivity index (χ4v) is 5.89. The summed E-state index contributed by atoms with van der Waals surface area (Å²) in [6.45, 7) is 10.5. The van der Waals surface area contributed by atoms with Crippen LogP contribution in [0.15, 0.2) is 6.33 Å². The van der Waals surface area contributed by atoms with E-state index in [4.69, 9.17) is 14.7 Å². The fraction of sp³-hybridized carbons (Fsp3) is 0.591. The lowest BCUT2D eigenvalue weighted by atomic mass is 9.86. The van der Waals surface area contributed by atoms with Crippen molar-refractivity contribution >= 4 is 37.6 Å². The minimum Gasteiger partial charge on any atom is -0.370 e. The molecule has 3 aromatic heterocycles. The molecule has 1 saturated heterocycles. The normalized spacial score (nSPS) is 17.9. The van der Waals surface area contributed by atoms with Crippen molar-refractivity contribution in [3.8, 4) is 0 Å². The zero-order valence-corrected chi connectivity index (χ0v) is 18.2. The Morgan fingerprint density at radius 2 is 1.93 bits per heavy atom. The molecule has 0 spiro atoms. The number of ether oxygens (including phenoxy) is 1. The molecule has 2 aliphatic rings. The van der Waals surface area contributed by atoms with E-state index in [1.807, 2.05) is 0 Å². The van der Waals surface area contributed by atoms with E-state index in [0.717, 1.165) is 73.1 Å². The average molecular weight is 413 g/mol. The third kappa shape index (κ3) is 3.60. The number of thiophene rings is 1. The van der Waals surface area contributed by atoms with Gasteiger partial charge in [-0.25, -0.2) is 15.0 Å². The van der Waals surface area contributed by atoms with Gasteiger partial charge in [0.1, 0.15) is 30.1 Å². The first-order valence-corrected chi connectivity index (χ1v) is 11.8. The van der Waals surface area contributed by atoms with Gasteiger partial charge in [-0.15, -0.1) is 11.3 Å². The van der Waals surface area contributed by atoms with Gasteiger partial charge >= 0.3 is 0 Å². The predicted molar refractivity (Wildman–Crippen MR) is 118 cm³/mol. The van der Waals surface area contributed by atoms with E-state index in [2.05, 4.69) is 24.1 Å². The van der Waals surface area contributed by atoms with E-state index < -0.39 is 0 Å². The summed E-state index contributed by atoms with van der Waals surface area (Å²) >= 11 is 1.75. The molecule has 0 amide bonds. The van der Waals surface area contributed by atoms with Gasteiger partial charge in [-0.1, -0.05) is 13.8 Å². The van der Waals surface area contributed by atoms with Crippen molar-refractivity contribution in [2.45, 2.75) is 45.4 Å². The predicted octanol–water partition coefficient (Wildman–Crippen LogP) is 2.57. The topological polar surface area (TPSA) is 64.4 Å². The van der Waals surface area contributed by atoms with Crippen LogP contribution in [-0.4, -0.2) is 54.3 Å². The summed E-state index contributed by atoms with van der Waals surface area (Å²) in [6.07, 6.45) is 6.55. The zero-order chi connectivity index (χ0) is 19.8. The zero-order valence-electron chi connectivity index (χ0n) is 17.4. The lowest BCUT2D eigenvalue weighted by Crippen LogP contribution is -3.14. The van der Waals surface area contributed by atoms with Crippen LogP contribution in [0.5, 0.6) is 0 Å². The van der Waals surface area contributed by atoms with Gasteiger partial charge in [0.2, 0.25) is 0 Å². The Bertz CT molecular complexity index is 1030. The van der Waals surface area contributed by atoms with Crippen LogP contribution >= 0.6 is 11.3 Å². The number of aryl methyl sites for hydroxylation is 1. The van der Waals surface area contributed by atoms with Crippen LogP contribution in [0.2, 0.25) is 0 Å². The standard InChI is InChI=1S/C22H29N5OS/c1-14(2)18-16-6-4-3-5-15(16)17-19-20(29-22(17)26-18)21(25-13-24-19)23-7-8-27-9-11-28-12-10-27/h13-14H,3-12H2,1-2H3,(H,23,24,25)/p+1. The fourth-order valence-electron chi connectivity index (χ4n) is 4.76. The SMILES string of the molecule is CC(C)c1nc2sc3c(NCC[NH+]4CCOCC4)ncnc3c2c2c1CCCC2. The van der Waals surface area contributed by atoms with Crippen molar-refractivity contribution in [1.29, 1.82) is 0 Å². The van der Waals surface area contributed by atoms with Crippen molar-refractivity contribution in [1.82, 2.24) is 15.0 Å². The third-order valence-corrected chi connectivity index (χ3v) is 7.35. The molecular formula is C22H30N5OS+. The van der Waals surface area contributed by atoms with Crippen LogP contribution in [0.3, 0.4) is 0 Å². The molecule has 29 heavy (non-hydrogen) atoms. The number of quaternary nitrogens is 1. The Hall–Kier alpha value is -1.83. The molecule has 0 unspecified atom stereocenters. The quantitative estimate of drug-likeness (QED) is 0.674. The van der Waals surface area contributed by atoms with Crippen LogP contribution in [0.4, 0.5) is 5.82 Å². The first-order chi connectivity index (χ1) is 14.2. The average Bonchev–Trinajstić information content (AvgIpc) is 3.13. The maximum atomic E-state index is 5.46. The molecule has 1 aliphatic heterocycles. The van der Waals surface area contributed by atoms with Gasteiger partial charge in [0.05, 0.1) is 36.5 Å². The Morgan fingerprint density at radius 3 is 2.72 bits per heavy atom. The van der Waals surface area contributed by atoms with E-state index in [1.165, 1.54) is 35.0 Å². The maximum absolute atomic E-state index is 5.46. The van der Waals surface area contributed by atoms with Crippen molar-refractivity contribution in [2.75, 3.05) is 44.7 Å². The molecule has 0 atom stereocenters. The van der Waals surface area contributed by atoms with Crippen LogP contribution in [0.1, 0.15) is 49.4 Å². The van der Waals surface area contributed by atoms with Gasteiger partial charge in [0.15, 0.2) is 0 Å². The van der Waals surface area contributed by atoms with Crippen LogP contribution in [-0.2, 0) is 17.6 Å². The molecule has 4 heterocycles. The summed E-state index contributed by atoms with van der Waals surface area (Å²) in [6, 6.07) is 0. The van der Waals surface area contributed by atoms with E-state index >= 15 is 0 Å². The number of nitrogens with one attached hydrogen (secondary N) is 2. The van der Waals surface area contributed by atoms with Gasteiger partial charge in [-0.2, -0.15) is 0 Å². The number of hydrogen-bond acceptors (Lipinski definition) is 6. The van der Waals surface area contributed by atoms with E-state index in [-0.39, 0.29) is 0 Å². The van der Waals surface area contributed by atoms with Crippen molar-refractivity contribution in [3.05, 3.63) is 23.1 Å². The van der Waals surface area contributed by atoms with Gasteiger partial charge in [0, 0.05) is 11.1 Å². The maximum Gasteiger partial charge on any atom is 0.147 e. The summed E-state index contributed by atoms with van der Waals surface area (Å²) < 4.78 is 6.61. The second-order valence-electron chi connectivity index (χ2n) is 8.54. The van der Waals surface area contributed by atoms with Crippen LogP contribution < -0.4 is 10.2 Å². The molecule has 0 aromatic carbocycles. The number of anilines is 1. The number of morpholine rings is 1. The molecule has 7 heteroatoms. The lowest BCUT2D eigenvalue weighted by Gasteiger charge is -2.23. The molecule has 0 saturated carbocycles. The van der Waals surface area contributed by atoms with Gasteiger partial charge < -0.3 is 15.0 Å². The molecule has 1 fully saturated rings. The van der Waals surface area contributed by atoms with Crippen LogP contribution in [0, 0.1) is 0 Å². The number of rotatable bonds is 5. The van der Waals surface area contributed by atoms with Crippen molar-refractivity contribution in [3.63, 3.8) is 0 Å². The van der Waals surface area contributed by atoms with Gasteiger partial charge in [-0.3, -0.25) is 0 Å². The molecular weight excluding hydrogens is 382 g/mol. The highest BCUT2D eigenvalue weighted by Gasteiger charge is 2.24. The first kappa shape index (κ1) is 19.2. The Morgan fingerprint density at radius 1 is 1.14 bits per heavy atom. The summed E-state index contributed by atoms with van der Waals surface area (Å²) in [5.74, 6) is 1.41. The van der Waals surface area contributed by atoms with Crippen molar-refractivity contribution in [2.24, 2.45) is 0 Å². The molecule has 2 N–H and O–H groups in total. The lowest BCUT2D eigenvalue weighted by molar-refractivity contribution is -0.906.